The molecule has 0 aliphatic heterocycles. The molecule has 1 aromatic carbocycles. The lowest BCUT2D eigenvalue weighted by Crippen LogP contribution is -1.74. The fourth-order valence-corrected chi connectivity index (χ4v) is 0.982. The quantitative estimate of drug-likeness (QED) is 0.644. The Bertz CT molecular complexity index is 433. The zero-order valence-corrected chi connectivity index (χ0v) is 6.02. The van der Waals surface area contributed by atoms with Gasteiger partial charge in [0.05, 0.1) is 0 Å². The van der Waals surface area contributed by atoms with E-state index in [0.29, 0.717) is 17.4 Å². The van der Waals surface area contributed by atoms with Crippen LogP contribution >= 0.6 is 0 Å². The number of aromatic nitrogens is 1. The molecule has 0 saturated carbocycles. The second-order valence-electron chi connectivity index (χ2n) is 2.32. The number of fused-ring (bicyclic) bond motifs is 1. The monoisotopic (exact) mass is 163 g/mol. The number of oxazole rings is 1. The van der Waals surface area contributed by atoms with Crippen molar-refractivity contribution in [2.75, 3.05) is 0 Å². The molecule has 0 aliphatic rings. The number of hydrogen-bond acceptors (Lipinski definition) is 4. The fraction of sp³-hybridized carbons (Fsp3) is 0. The van der Waals surface area contributed by atoms with Crippen molar-refractivity contribution in [1.82, 2.24) is 4.98 Å². The maximum Gasteiger partial charge on any atom is 0.260 e. The Morgan fingerprint density at radius 3 is 3.08 bits per heavy atom. The van der Waals surface area contributed by atoms with Gasteiger partial charge >= 0.3 is 0 Å². The molecule has 0 aliphatic carbocycles. The Hall–Kier alpha value is -1.84. The normalized spacial score (nSPS) is 10.3. The molecule has 60 valence electrons. The minimum absolute atomic E-state index is 0.0237. The van der Waals surface area contributed by atoms with Gasteiger partial charge in [0, 0.05) is 6.07 Å². The van der Waals surface area contributed by atoms with Crippen molar-refractivity contribution >= 4 is 17.4 Å². The molecule has 2 rings (SSSR count). The van der Waals surface area contributed by atoms with E-state index < -0.39 is 0 Å². The van der Waals surface area contributed by atoms with Crippen LogP contribution in [0.5, 0.6) is 5.75 Å². The van der Waals surface area contributed by atoms with E-state index in [-0.39, 0.29) is 11.6 Å². The summed E-state index contributed by atoms with van der Waals surface area (Å²) in [6.45, 7) is 0. The van der Waals surface area contributed by atoms with Crippen LogP contribution in [0.2, 0.25) is 0 Å². The Balaban J connectivity index is 2.75. The Morgan fingerprint density at radius 1 is 1.50 bits per heavy atom. The Kier molecular flexibility index (Phi) is 1.33. The summed E-state index contributed by atoms with van der Waals surface area (Å²) < 4.78 is 4.96. The molecule has 0 atom stereocenters. The first-order valence-electron chi connectivity index (χ1n) is 3.34. The van der Waals surface area contributed by atoms with E-state index in [1.807, 2.05) is 0 Å². The van der Waals surface area contributed by atoms with Crippen LogP contribution in [0, 0.1) is 0 Å². The summed E-state index contributed by atoms with van der Waals surface area (Å²) in [5.74, 6) is 0.117. The highest BCUT2D eigenvalue weighted by molar-refractivity contribution is 5.79. The maximum atomic E-state index is 10.2. The predicted octanol–water partition coefficient (Wildman–Crippen LogP) is 1.35. The predicted molar refractivity (Wildman–Crippen MR) is 41.1 cm³/mol. The molecular formula is C8H5NO3. The lowest BCUT2D eigenvalue weighted by Gasteiger charge is -1.87. The topological polar surface area (TPSA) is 63.3 Å². The van der Waals surface area contributed by atoms with E-state index in [9.17, 15) is 4.79 Å². The number of aromatic hydroxyl groups is 1. The van der Waals surface area contributed by atoms with Gasteiger partial charge in [-0.25, -0.2) is 4.98 Å². The molecule has 4 heteroatoms. The number of phenols is 1. The van der Waals surface area contributed by atoms with Gasteiger partial charge in [-0.1, -0.05) is 0 Å². The SMILES string of the molecule is O=Cc1nc2ccc(O)cc2o1. The molecule has 0 radical (unpaired) electrons. The lowest BCUT2D eigenvalue weighted by molar-refractivity contribution is 0.109. The molecule has 12 heavy (non-hydrogen) atoms. The van der Waals surface area contributed by atoms with E-state index >= 15 is 0 Å². The smallest absolute Gasteiger partial charge is 0.260 e. The summed E-state index contributed by atoms with van der Waals surface area (Å²) in [7, 11) is 0. The number of aldehydes is 1. The van der Waals surface area contributed by atoms with Crippen molar-refractivity contribution in [3.8, 4) is 5.75 Å². The van der Waals surface area contributed by atoms with Crippen LogP contribution in [-0.4, -0.2) is 16.4 Å². The Morgan fingerprint density at radius 2 is 2.33 bits per heavy atom. The standard InChI is InChI=1S/C8H5NO3/c10-4-8-9-6-2-1-5(11)3-7(6)12-8/h1-4,11H. The maximum absolute atomic E-state index is 10.2. The van der Waals surface area contributed by atoms with Crippen molar-refractivity contribution in [3.63, 3.8) is 0 Å². The zero-order chi connectivity index (χ0) is 8.55. The lowest BCUT2D eigenvalue weighted by atomic mass is 10.3. The molecule has 0 amide bonds. The molecule has 0 spiro atoms. The second kappa shape index (κ2) is 2.34. The highest BCUT2D eigenvalue weighted by Gasteiger charge is 2.03. The van der Waals surface area contributed by atoms with E-state index in [4.69, 9.17) is 9.52 Å². The first-order chi connectivity index (χ1) is 5.79. The van der Waals surface area contributed by atoms with Gasteiger partial charge in [0.2, 0.25) is 6.29 Å². The van der Waals surface area contributed by atoms with Crippen molar-refractivity contribution in [3.05, 3.63) is 24.1 Å². The van der Waals surface area contributed by atoms with Gasteiger partial charge in [0.25, 0.3) is 5.89 Å². The zero-order valence-electron chi connectivity index (χ0n) is 6.02. The molecular weight excluding hydrogens is 158 g/mol. The highest BCUT2D eigenvalue weighted by atomic mass is 16.4. The molecule has 1 aromatic heterocycles. The van der Waals surface area contributed by atoms with E-state index in [1.54, 1.807) is 6.07 Å². The molecule has 0 unspecified atom stereocenters. The van der Waals surface area contributed by atoms with Gasteiger partial charge in [-0.3, -0.25) is 4.79 Å². The van der Waals surface area contributed by atoms with Crippen LogP contribution in [0.25, 0.3) is 11.1 Å². The summed E-state index contributed by atoms with van der Waals surface area (Å²) in [5, 5.41) is 9.04. The summed E-state index contributed by atoms with van der Waals surface area (Å²) in [5.41, 5.74) is 0.979. The largest absolute Gasteiger partial charge is 0.508 e. The van der Waals surface area contributed by atoms with Crippen LogP contribution in [0.1, 0.15) is 10.7 Å². The van der Waals surface area contributed by atoms with E-state index in [0.717, 1.165) is 0 Å². The van der Waals surface area contributed by atoms with Crippen molar-refractivity contribution in [2.24, 2.45) is 0 Å². The average molecular weight is 163 g/mol. The average Bonchev–Trinajstić information content (AvgIpc) is 2.46. The summed E-state index contributed by atoms with van der Waals surface area (Å²) in [4.78, 5) is 14.1. The number of carbonyl (C=O) groups excluding carboxylic acids is 1. The molecule has 1 N–H and O–H groups in total. The van der Waals surface area contributed by atoms with Gasteiger partial charge in [0.1, 0.15) is 11.3 Å². The third-order valence-corrected chi connectivity index (χ3v) is 1.49. The molecule has 1 heterocycles. The van der Waals surface area contributed by atoms with Gasteiger partial charge in [-0.15, -0.1) is 0 Å². The van der Waals surface area contributed by atoms with Crippen molar-refractivity contribution in [2.45, 2.75) is 0 Å². The Labute approximate surface area is 67.4 Å². The number of nitrogens with zero attached hydrogens (tertiary/aromatic N) is 1. The van der Waals surface area contributed by atoms with Crippen LogP contribution in [0.15, 0.2) is 22.6 Å². The van der Waals surface area contributed by atoms with E-state index in [2.05, 4.69) is 4.98 Å². The minimum atomic E-state index is 0.0237. The van der Waals surface area contributed by atoms with Gasteiger partial charge < -0.3 is 9.52 Å². The summed E-state index contributed by atoms with van der Waals surface area (Å²) in [6, 6.07) is 4.48. The summed E-state index contributed by atoms with van der Waals surface area (Å²) in [6.07, 6.45) is 0.525. The third kappa shape index (κ3) is 0.934. The van der Waals surface area contributed by atoms with Crippen LogP contribution in [0.3, 0.4) is 0 Å². The number of benzene rings is 1. The fourth-order valence-electron chi connectivity index (χ4n) is 0.982. The van der Waals surface area contributed by atoms with Crippen LogP contribution < -0.4 is 0 Å². The number of phenolic OH excluding ortho intramolecular Hbond substituents is 1. The number of hydrogen-bond donors (Lipinski definition) is 1. The second-order valence-corrected chi connectivity index (χ2v) is 2.32. The van der Waals surface area contributed by atoms with Gasteiger partial charge in [-0.05, 0) is 12.1 Å². The molecule has 0 bridgehead atoms. The molecule has 0 fully saturated rings. The minimum Gasteiger partial charge on any atom is -0.508 e. The van der Waals surface area contributed by atoms with Crippen LogP contribution in [0.4, 0.5) is 0 Å². The van der Waals surface area contributed by atoms with Crippen LogP contribution in [-0.2, 0) is 0 Å². The first-order valence-corrected chi connectivity index (χ1v) is 3.34. The third-order valence-electron chi connectivity index (χ3n) is 1.49. The summed E-state index contributed by atoms with van der Waals surface area (Å²) >= 11 is 0. The van der Waals surface area contributed by atoms with Gasteiger partial charge in [-0.2, -0.15) is 0 Å². The molecule has 2 aromatic rings. The van der Waals surface area contributed by atoms with E-state index in [1.165, 1.54) is 12.1 Å². The van der Waals surface area contributed by atoms with Crippen molar-refractivity contribution < 1.29 is 14.3 Å². The van der Waals surface area contributed by atoms with Crippen molar-refractivity contribution in [1.29, 1.82) is 0 Å². The number of rotatable bonds is 1. The van der Waals surface area contributed by atoms with Gasteiger partial charge in [0.15, 0.2) is 5.58 Å². The highest BCUT2D eigenvalue weighted by Crippen LogP contribution is 2.19. The molecule has 4 nitrogen and oxygen atoms in total. The molecule has 0 saturated heterocycles. The number of carbonyl (C=O) groups is 1. The first kappa shape index (κ1) is 6.84.